The number of benzene rings is 1. The van der Waals surface area contributed by atoms with Gasteiger partial charge in [-0.2, -0.15) is 13.2 Å². The van der Waals surface area contributed by atoms with Crippen LogP contribution in [-0.4, -0.2) is 88.3 Å². The molecule has 0 saturated carbocycles. The Hall–Kier alpha value is -2.84. The van der Waals surface area contributed by atoms with Crippen LogP contribution in [0.3, 0.4) is 0 Å². The number of alkyl halides is 3. The number of fused-ring (bicyclic) bond motifs is 1. The number of hydrogen-bond donors (Lipinski definition) is 5. The summed E-state index contributed by atoms with van der Waals surface area (Å²) >= 11 is 0. The van der Waals surface area contributed by atoms with Crippen LogP contribution in [0.5, 0.6) is 0 Å². The van der Waals surface area contributed by atoms with Crippen LogP contribution in [0.15, 0.2) is 24.3 Å². The number of carbonyl (C=O) groups excluding carboxylic acids is 2. The van der Waals surface area contributed by atoms with Gasteiger partial charge in [0.25, 0.3) is 0 Å². The maximum atomic E-state index is 12.0. The number of halogens is 3. The molecule has 0 aliphatic carbocycles. The molecule has 1 fully saturated rings. The lowest BCUT2D eigenvalue weighted by Gasteiger charge is -2.24. The molecule has 2 heterocycles. The molecule has 3 amide bonds. The van der Waals surface area contributed by atoms with E-state index in [4.69, 9.17) is 15.2 Å². The van der Waals surface area contributed by atoms with Gasteiger partial charge in [-0.25, -0.2) is 4.79 Å². The first-order valence-corrected chi connectivity index (χ1v) is 15.6. The van der Waals surface area contributed by atoms with E-state index in [0.717, 1.165) is 11.1 Å². The van der Waals surface area contributed by atoms with Crippen LogP contribution in [0.2, 0.25) is 0 Å². The lowest BCUT2D eigenvalue weighted by Crippen LogP contribution is -2.50. The van der Waals surface area contributed by atoms with Gasteiger partial charge >= 0.3 is 19.4 Å². The smallest absolute Gasteiger partial charge is 0.465 e. The SMILES string of the molecule is CCCCCCCCC.O=C(NCB(O)O)C1CCCN1C(=O)CNCCCC(F)(F)F.O=C(O)N1Cc2ccccc2C1. The molecule has 44 heavy (non-hydrogen) atoms. The summed E-state index contributed by atoms with van der Waals surface area (Å²) in [5.74, 6) is -0.833. The lowest BCUT2D eigenvalue weighted by atomic mass is 9.92. The summed E-state index contributed by atoms with van der Waals surface area (Å²) < 4.78 is 35.9. The topological polar surface area (TPSA) is 142 Å². The van der Waals surface area contributed by atoms with E-state index in [1.165, 1.54) is 54.7 Å². The molecular weight excluding hydrogens is 580 g/mol. The first-order chi connectivity index (χ1) is 20.9. The van der Waals surface area contributed by atoms with Crippen LogP contribution >= 0.6 is 0 Å². The van der Waals surface area contributed by atoms with Crippen molar-refractivity contribution >= 4 is 25.0 Å². The number of likely N-dealkylation sites (tertiary alicyclic amines) is 1. The molecule has 14 heteroatoms. The molecule has 5 N–H and O–H groups in total. The van der Waals surface area contributed by atoms with Crippen LogP contribution < -0.4 is 10.6 Å². The summed E-state index contributed by atoms with van der Waals surface area (Å²) in [5.41, 5.74) is 2.25. The second kappa shape index (κ2) is 21.8. The van der Waals surface area contributed by atoms with Gasteiger partial charge in [-0.15, -0.1) is 0 Å². The van der Waals surface area contributed by atoms with Gasteiger partial charge < -0.3 is 30.7 Å². The molecule has 1 aromatic rings. The third kappa shape index (κ3) is 16.9. The van der Waals surface area contributed by atoms with Crippen molar-refractivity contribution in [3.8, 4) is 0 Å². The molecule has 1 aromatic carbocycles. The third-order valence-electron chi connectivity index (χ3n) is 7.24. The number of hydrogen-bond acceptors (Lipinski definition) is 6. The van der Waals surface area contributed by atoms with Gasteiger partial charge in [-0.3, -0.25) is 14.5 Å². The van der Waals surface area contributed by atoms with E-state index in [2.05, 4.69) is 24.5 Å². The average molecular weight is 631 g/mol. The number of rotatable bonds is 14. The Morgan fingerprint density at radius 2 is 1.52 bits per heavy atom. The highest BCUT2D eigenvalue weighted by Crippen LogP contribution is 2.22. The molecule has 0 radical (unpaired) electrons. The molecule has 10 nitrogen and oxygen atoms in total. The number of carbonyl (C=O) groups is 3. The predicted octanol–water partition coefficient (Wildman–Crippen LogP) is 4.47. The Morgan fingerprint density at radius 1 is 0.955 bits per heavy atom. The summed E-state index contributed by atoms with van der Waals surface area (Å²) in [6.45, 7) is 5.91. The summed E-state index contributed by atoms with van der Waals surface area (Å²) in [4.78, 5) is 37.3. The van der Waals surface area contributed by atoms with E-state index in [-0.39, 0.29) is 31.9 Å². The Bertz CT molecular complexity index is 955. The number of nitrogens with one attached hydrogen (secondary N) is 2. The first-order valence-electron chi connectivity index (χ1n) is 15.6. The second-order valence-electron chi connectivity index (χ2n) is 11.0. The second-order valence-corrected chi connectivity index (χ2v) is 11.0. The zero-order valence-electron chi connectivity index (χ0n) is 26.1. The number of amides is 3. The van der Waals surface area contributed by atoms with Gasteiger partial charge in [0.1, 0.15) is 6.04 Å². The molecule has 250 valence electrons. The molecule has 1 unspecified atom stereocenters. The minimum Gasteiger partial charge on any atom is -0.465 e. The fourth-order valence-electron chi connectivity index (χ4n) is 4.86. The van der Waals surface area contributed by atoms with E-state index in [9.17, 15) is 27.6 Å². The van der Waals surface area contributed by atoms with Crippen LogP contribution in [0.25, 0.3) is 0 Å². The van der Waals surface area contributed by atoms with Gasteiger partial charge in [0, 0.05) is 26.1 Å². The van der Waals surface area contributed by atoms with Gasteiger partial charge in [-0.05, 0) is 36.9 Å². The van der Waals surface area contributed by atoms with Crippen molar-refractivity contribution in [2.45, 2.75) is 110 Å². The largest absolute Gasteiger partial charge is 0.472 e. The van der Waals surface area contributed by atoms with Crippen molar-refractivity contribution in [2.24, 2.45) is 0 Å². The Labute approximate surface area is 259 Å². The molecule has 2 aliphatic rings. The highest BCUT2D eigenvalue weighted by molar-refractivity contribution is 6.41. The molecule has 0 spiro atoms. The Morgan fingerprint density at radius 3 is 2.02 bits per heavy atom. The van der Waals surface area contributed by atoms with E-state index in [1.54, 1.807) is 0 Å². The van der Waals surface area contributed by atoms with E-state index < -0.39 is 37.8 Å². The molecular formula is C30H50BF3N4O6. The van der Waals surface area contributed by atoms with Crippen LogP contribution in [0, 0.1) is 0 Å². The zero-order chi connectivity index (χ0) is 33.0. The number of carboxylic acid groups (broad SMARTS) is 1. The van der Waals surface area contributed by atoms with Crippen LogP contribution in [-0.2, 0) is 22.7 Å². The monoisotopic (exact) mass is 630 g/mol. The van der Waals surface area contributed by atoms with E-state index in [0.29, 0.717) is 32.5 Å². The average Bonchev–Trinajstić information content (AvgIpc) is 3.64. The van der Waals surface area contributed by atoms with Crippen molar-refractivity contribution in [2.75, 3.05) is 26.1 Å². The molecule has 0 bridgehead atoms. The third-order valence-corrected chi connectivity index (χ3v) is 7.24. The molecule has 1 atom stereocenters. The number of unbranched alkanes of at least 4 members (excludes halogenated alkanes) is 6. The molecule has 1 saturated heterocycles. The van der Waals surface area contributed by atoms with Crippen molar-refractivity contribution in [3.05, 3.63) is 35.4 Å². The van der Waals surface area contributed by atoms with E-state index >= 15 is 0 Å². The molecule has 2 aliphatic heterocycles. The lowest BCUT2D eigenvalue weighted by molar-refractivity contribution is -0.138. The molecule has 0 aromatic heterocycles. The summed E-state index contributed by atoms with van der Waals surface area (Å²) in [5, 5.41) is 31.1. The predicted molar refractivity (Wildman–Crippen MR) is 163 cm³/mol. The van der Waals surface area contributed by atoms with Gasteiger partial charge in [0.2, 0.25) is 11.8 Å². The van der Waals surface area contributed by atoms with Crippen LogP contribution in [0.1, 0.15) is 95.6 Å². The summed E-state index contributed by atoms with van der Waals surface area (Å²) in [6.07, 6.45) is 4.68. The summed E-state index contributed by atoms with van der Waals surface area (Å²) in [7, 11) is -1.67. The van der Waals surface area contributed by atoms with Gasteiger partial charge in [0.15, 0.2) is 0 Å². The van der Waals surface area contributed by atoms with Gasteiger partial charge in [0.05, 0.1) is 13.0 Å². The van der Waals surface area contributed by atoms with Crippen molar-refractivity contribution < 1.29 is 42.7 Å². The standard InChI is InChI=1S/C12H21BF3N3O4.C9H9NO2.C9H20/c14-12(15,16)4-2-5-17-7-10(20)19-6-1-3-9(19)11(21)18-8-13(22)23;11-9(12)10-5-7-3-1-2-4-8(7)6-10;1-3-5-7-9-8-6-4-2/h9,17,22-23H,1-8H2,(H,18,21);1-4H,5-6H2,(H,11,12);3-9H2,1-2H3. The minimum absolute atomic E-state index is 0.0622. The zero-order valence-corrected chi connectivity index (χ0v) is 26.1. The maximum absolute atomic E-state index is 12.0. The van der Waals surface area contributed by atoms with E-state index in [1.807, 2.05) is 24.3 Å². The highest BCUT2D eigenvalue weighted by atomic mass is 19.4. The fourth-order valence-corrected chi connectivity index (χ4v) is 4.86. The minimum atomic E-state index is -4.21. The highest BCUT2D eigenvalue weighted by Gasteiger charge is 2.34. The van der Waals surface area contributed by atoms with Crippen molar-refractivity contribution in [1.29, 1.82) is 0 Å². The Balaban J connectivity index is 0.000000381. The maximum Gasteiger partial charge on any atom is 0.472 e. The van der Waals surface area contributed by atoms with Gasteiger partial charge in [-0.1, -0.05) is 83.1 Å². The van der Waals surface area contributed by atoms with Crippen molar-refractivity contribution in [1.82, 2.24) is 20.4 Å². The summed E-state index contributed by atoms with van der Waals surface area (Å²) in [6, 6.07) is 7.13. The molecule has 3 rings (SSSR count). The number of nitrogens with zero attached hydrogens (tertiary/aromatic N) is 2. The quantitative estimate of drug-likeness (QED) is 0.151. The fraction of sp³-hybridized carbons (Fsp3) is 0.700. The van der Waals surface area contributed by atoms with Crippen molar-refractivity contribution in [3.63, 3.8) is 0 Å². The Kier molecular flexibility index (Phi) is 19.4. The normalized spacial score (nSPS) is 15.5. The van der Waals surface area contributed by atoms with Crippen LogP contribution in [0.4, 0.5) is 18.0 Å². The first kappa shape index (κ1) is 39.2.